The standard InChI is InChI=1S/C23H32N4O4/c1-5-29-19-14-17(15-20(30-6-2)22(19)31-7-3)23(28)25-18-8-9-21(24-16-18)27-12-10-26(4)11-13-27/h8-9,14-16H,5-7,10-13H2,1-4H3,(H,25,28). The molecule has 3 rings (SSSR count). The van der Waals surface area contributed by atoms with Crippen LogP contribution in [0.15, 0.2) is 30.5 Å². The average Bonchev–Trinajstić information content (AvgIpc) is 2.77. The van der Waals surface area contributed by atoms with Gasteiger partial charge in [-0.05, 0) is 52.1 Å². The van der Waals surface area contributed by atoms with Gasteiger partial charge in [-0.15, -0.1) is 0 Å². The summed E-state index contributed by atoms with van der Waals surface area (Å²) in [5.74, 6) is 2.15. The van der Waals surface area contributed by atoms with E-state index in [4.69, 9.17) is 14.2 Å². The fourth-order valence-electron chi connectivity index (χ4n) is 3.41. The number of nitrogens with one attached hydrogen (secondary N) is 1. The van der Waals surface area contributed by atoms with Gasteiger partial charge in [-0.25, -0.2) is 4.98 Å². The molecule has 31 heavy (non-hydrogen) atoms. The highest BCUT2D eigenvalue weighted by atomic mass is 16.5. The minimum Gasteiger partial charge on any atom is -0.490 e. The second-order valence-electron chi connectivity index (χ2n) is 7.25. The van der Waals surface area contributed by atoms with Crippen LogP contribution >= 0.6 is 0 Å². The predicted molar refractivity (Wildman–Crippen MR) is 122 cm³/mol. The number of benzene rings is 1. The topological polar surface area (TPSA) is 76.2 Å². The van der Waals surface area contributed by atoms with E-state index >= 15 is 0 Å². The maximum absolute atomic E-state index is 12.9. The molecule has 1 aromatic heterocycles. The average molecular weight is 429 g/mol. The molecule has 0 atom stereocenters. The summed E-state index contributed by atoms with van der Waals surface area (Å²) in [6.07, 6.45) is 1.69. The van der Waals surface area contributed by atoms with E-state index in [2.05, 4.69) is 27.1 Å². The zero-order valence-corrected chi connectivity index (χ0v) is 18.8. The maximum atomic E-state index is 12.9. The van der Waals surface area contributed by atoms with Crippen LogP contribution in [0.3, 0.4) is 0 Å². The number of hydrogen-bond donors (Lipinski definition) is 1. The molecule has 1 saturated heterocycles. The number of amides is 1. The number of nitrogens with zero attached hydrogens (tertiary/aromatic N) is 3. The van der Waals surface area contributed by atoms with Crippen LogP contribution in [0.25, 0.3) is 0 Å². The van der Waals surface area contributed by atoms with Gasteiger partial charge in [0.05, 0.1) is 31.7 Å². The van der Waals surface area contributed by atoms with Crippen LogP contribution in [0.2, 0.25) is 0 Å². The van der Waals surface area contributed by atoms with Crippen molar-refractivity contribution in [2.45, 2.75) is 20.8 Å². The highest BCUT2D eigenvalue weighted by molar-refractivity contribution is 6.05. The molecule has 2 aromatic rings. The lowest BCUT2D eigenvalue weighted by Gasteiger charge is -2.33. The molecule has 8 heteroatoms. The first kappa shape index (κ1) is 22.7. The second kappa shape index (κ2) is 10.9. The van der Waals surface area contributed by atoms with Gasteiger partial charge >= 0.3 is 0 Å². The highest BCUT2D eigenvalue weighted by Gasteiger charge is 2.19. The number of carbonyl (C=O) groups excluding carboxylic acids is 1. The maximum Gasteiger partial charge on any atom is 0.255 e. The van der Waals surface area contributed by atoms with Crippen molar-refractivity contribution >= 4 is 17.4 Å². The van der Waals surface area contributed by atoms with Crippen molar-refractivity contribution in [2.24, 2.45) is 0 Å². The van der Waals surface area contributed by atoms with Crippen molar-refractivity contribution in [2.75, 3.05) is 63.3 Å². The van der Waals surface area contributed by atoms with E-state index in [1.54, 1.807) is 18.3 Å². The lowest BCUT2D eigenvalue weighted by molar-refractivity contribution is 0.102. The number of carbonyl (C=O) groups is 1. The predicted octanol–water partition coefficient (Wildman–Crippen LogP) is 3.28. The molecule has 0 aliphatic carbocycles. The molecular formula is C23H32N4O4. The summed E-state index contributed by atoms with van der Waals surface area (Å²) in [5, 5.41) is 2.91. The Morgan fingerprint density at radius 1 is 0.968 bits per heavy atom. The van der Waals surface area contributed by atoms with Crippen LogP contribution in [0.5, 0.6) is 17.2 Å². The van der Waals surface area contributed by atoms with Gasteiger partial charge < -0.3 is 29.3 Å². The van der Waals surface area contributed by atoms with Gasteiger partial charge in [0.15, 0.2) is 11.5 Å². The van der Waals surface area contributed by atoms with Crippen LogP contribution in [0, 0.1) is 0 Å². The number of piperazine rings is 1. The Morgan fingerprint density at radius 3 is 2.10 bits per heavy atom. The van der Waals surface area contributed by atoms with Crippen LogP contribution in [0.1, 0.15) is 31.1 Å². The minimum absolute atomic E-state index is 0.265. The molecule has 2 heterocycles. The Hall–Kier alpha value is -3.00. The van der Waals surface area contributed by atoms with E-state index in [0.717, 1.165) is 32.0 Å². The third kappa shape index (κ3) is 5.79. The molecule has 0 saturated carbocycles. The SMILES string of the molecule is CCOc1cc(C(=O)Nc2ccc(N3CCN(C)CC3)nc2)cc(OCC)c1OCC. The van der Waals surface area contributed by atoms with Crippen LogP contribution in [0.4, 0.5) is 11.5 Å². The Bertz CT molecular complexity index is 837. The van der Waals surface area contributed by atoms with E-state index in [0.29, 0.717) is 48.3 Å². The van der Waals surface area contributed by atoms with Crippen molar-refractivity contribution in [1.82, 2.24) is 9.88 Å². The molecule has 1 aromatic carbocycles. The zero-order chi connectivity index (χ0) is 22.2. The molecular weight excluding hydrogens is 396 g/mol. The van der Waals surface area contributed by atoms with Gasteiger partial charge in [0, 0.05) is 31.7 Å². The van der Waals surface area contributed by atoms with Crippen molar-refractivity contribution < 1.29 is 19.0 Å². The number of anilines is 2. The highest BCUT2D eigenvalue weighted by Crippen LogP contribution is 2.39. The molecule has 0 radical (unpaired) electrons. The van der Waals surface area contributed by atoms with Gasteiger partial charge in [0.25, 0.3) is 5.91 Å². The molecule has 8 nitrogen and oxygen atoms in total. The Labute approximate surface area is 184 Å². The zero-order valence-electron chi connectivity index (χ0n) is 18.8. The van der Waals surface area contributed by atoms with E-state index in [9.17, 15) is 4.79 Å². The fourth-order valence-corrected chi connectivity index (χ4v) is 3.41. The summed E-state index contributed by atoms with van der Waals surface area (Å²) in [5.41, 5.74) is 1.06. The number of pyridine rings is 1. The van der Waals surface area contributed by atoms with Crippen molar-refractivity contribution in [1.29, 1.82) is 0 Å². The summed E-state index contributed by atoms with van der Waals surface area (Å²) < 4.78 is 17.1. The summed E-state index contributed by atoms with van der Waals surface area (Å²) in [4.78, 5) is 22.0. The van der Waals surface area contributed by atoms with E-state index in [1.165, 1.54) is 0 Å². The third-order valence-corrected chi connectivity index (χ3v) is 5.00. The molecule has 1 amide bonds. The molecule has 1 fully saturated rings. The van der Waals surface area contributed by atoms with E-state index < -0.39 is 0 Å². The molecule has 1 aliphatic heterocycles. The first-order chi connectivity index (χ1) is 15.0. The first-order valence-electron chi connectivity index (χ1n) is 10.8. The second-order valence-corrected chi connectivity index (χ2v) is 7.25. The third-order valence-electron chi connectivity index (χ3n) is 5.00. The summed E-state index contributed by atoms with van der Waals surface area (Å²) in [6.45, 7) is 11.0. The Morgan fingerprint density at radius 2 is 1.58 bits per heavy atom. The molecule has 0 bridgehead atoms. The van der Waals surface area contributed by atoms with E-state index in [1.807, 2.05) is 32.9 Å². The first-order valence-corrected chi connectivity index (χ1v) is 10.8. The summed E-state index contributed by atoms with van der Waals surface area (Å²) in [7, 11) is 2.12. The summed E-state index contributed by atoms with van der Waals surface area (Å²) in [6, 6.07) is 7.17. The van der Waals surface area contributed by atoms with Gasteiger partial charge in [0.2, 0.25) is 5.75 Å². The Balaban J connectivity index is 1.76. The minimum atomic E-state index is -0.265. The van der Waals surface area contributed by atoms with Gasteiger partial charge in [-0.1, -0.05) is 0 Å². The number of rotatable bonds is 9. The molecule has 1 N–H and O–H groups in total. The van der Waals surface area contributed by atoms with Crippen molar-refractivity contribution in [3.05, 3.63) is 36.0 Å². The normalized spacial score (nSPS) is 14.3. The smallest absolute Gasteiger partial charge is 0.255 e. The lowest BCUT2D eigenvalue weighted by atomic mass is 10.1. The number of hydrogen-bond acceptors (Lipinski definition) is 7. The van der Waals surface area contributed by atoms with Gasteiger partial charge in [-0.2, -0.15) is 0 Å². The van der Waals surface area contributed by atoms with Gasteiger partial charge in [-0.3, -0.25) is 4.79 Å². The molecule has 0 spiro atoms. The molecule has 168 valence electrons. The van der Waals surface area contributed by atoms with Crippen LogP contribution in [-0.4, -0.2) is 68.8 Å². The van der Waals surface area contributed by atoms with Gasteiger partial charge in [0.1, 0.15) is 5.82 Å². The number of ether oxygens (including phenoxy) is 3. The number of likely N-dealkylation sites (N-methyl/N-ethyl adjacent to an activating group) is 1. The van der Waals surface area contributed by atoms with Crippen molar-refractivity contribution in [3.8, 4) is 17.2 Å². The monoisotopic (exact) mass is 428 g/mol. The fraction of sp³-hybridized carbons (Fsp3) is 0.478. The van der Waals surface area contributed by atoms with Crippen LogP contribution < -0.4 is 24.4 Å². The molecule has 1 aliphatic rings. The summed E-state index contributed by atoms with van der Waals surface area (Å²) >= 11 is 0. The number of aromatic nitrogens is 1. The van der Waals surface area contributed by atoms with Crippen molar-refractivity contribution in [3.63, 3.8) is 0 Å². The van der Waals surface area contributed by atoms with E-state index in [-0.39, 0.29) is 5.91 Å². The largest absolute Gasteiger partial charge is 0.490 e. The molecule has 0 unspecified atom stereocenters. The lowest BCUT2D eigenvalue weighted by Crippen LogP contribution is -2.44. The Kier molecular flexibility index (Phi) is 7.94. The van der Waals surface area contributed by atoms with Crippen LogP contribution in [-0.2, 0) is 0 Å². The quantitative estimate of drug-likeness (QED) is 0.657.